The van der Waals surface area contributed by atoms with Crippen molar-refractivity contribution in [1.29, 1.82) is 0 Å². The van der Waals surface area contributed by atoms with E-state index in [9.17, 15) is 8.42 Å². The second kappa shape index (κ2) is 6.67. The number of hydrogen-bond donors (Lipinski definition) is 0. The van der Waals surface area contributed by atoms with Gasteiger partial charge in [-0.05, 0) is 49.0 Å². The molecule has 0 aromatic heterocycles. The summed E-state index contributed by atoms with van der Waals surface area (Å²) in [6, 6.07) is 13.5. The number of rotatable bonds is 5. The first-order valence-electron chi connectivity index (χ1n) is 9.02. The van der Waals surface area contributed by atoms with Crippen molar-refractivity contribution in [2.45, 2.75) is 51.6 Å². The molecule has 0 aliphatic carbocycles. The van der Waals surface area contributed by atoms with Gasteiger partial charge >= 0.3 is 0 Å². The average Bonchev–Trinajstić information content (AvgIpc) is 3.30. The lowest BCUT2D eigenvalue weighted by atomic mass is 9.99. The fourth-order valence-corrected chi connectivity index (χ4v) is 6.38. The van der Waals surface area contributed by atoms with Crippen molar-refractivity contribution in [2.24, 2.45) is 5.92 Å². The van der Waals surface area contributed by atoms with Crippen LogP contribution in [0.3, 0.4) is 0 Å². The summed E-state index contributed by atoms with van der Waals surface area (Å²) >= 11 is 0. The van der Waals surface area contributed by atoms with E-state index in [-0.39, 0.29) is 18.0 Å². The van der Waals surface area contributed by atoms with Crippen LogP contribution in [0.1, 0.15) is 36.1 Å². The highest BCUT2D eigenvalue weighted by Gasteiger charge is 2.58. The molecule has 0 bridgehead atoms. The first-order valence-corrected chi connectivity index (χ1v) is 10.5. The predicted octanol–water partition coefficient (Wildman–Crippen LogP) is 4.72. The van der Waals surface area contributed by atoms with Crippen molar-refractivity contribution in [1.82, 2.24) is 4.31 Å². The molecule has 4 heteroatoms. The highest BCUT2D eigenvalue weighted by atomic mass is 32.2. The molecule has 1 fully saturated rings. The summed E-state index contributed by atoms with van der Waals surface area (Å²) in [6.45, 7) is 14.1. The van der Waals surface area contributed by atoms with Crippen molar-refractivity contribution in [3.63, 3.8) is 0 Å². The Balaban J connectivity index is 2.03. The molecular weight excluding hydrogens is 342 g/mol. The van der Waals surface area contributed by atoms with E-state index in [0.717, 1.165) is 27.8 Å². The topological polar surface area (TPSA) is 37.1 Å². The van der Waals surface area contributed by atoms with Crippen LogP contribution in [0.15, 0.2) is 53.9 Å². The second-order valence-electron chi connectivity index (χ2n) is 7.63. The molecule has 1 unspecified atom stereocenters. The van der Waals surface area contributed by atoms with Crippen LogP contribution in [0, 0.1) is 26.7 Å². The molecule has 1 aliphatic rings. The van der Waals surface area contributed by atoms with Crippen LogP contribution in [-0.2, 0) is 10.0 Å². The van der Waals surface area contributed by atoms with Gasteiger partial charge in [-0.25, -0.2) is 8.42 Å². The van der Waals surface area contributed by atoms with E-state index < -0.39 is 10.0 Å². The van der Waals surface area contributed by atoms with Gasteiger partial charge in [0.25, 0.3) is 0 Å². The Morgan fingerprint density at radius 2 is 1.58 bits per heavy atom. The lowest BCUT2D eigenvalue weighted by Gasteiger charge is -2.14. The molecule has 2 aromatic carbocycles. The molecule has 0 amide bonds. The minimum absolute atomic E-state index is 0.0483. The van der Waals surface area contributed by atoms with Gasteiger partial charge in [0.2, 0.25) is 10.0 Å². The smallest absolute Gasteiger partial charge is 0.207 e. The highest BCUT2D eigenvalue weighted by Crippen LogP contribution is 2.47. The quantitative estimate of drug-likeness (QED) is 0.715. The van der Waals surface area contributed by atoms with Crippen molar-refractivity contribution in [3.8, 4) is 0 Å². The predicted molar refractivity (Wildman–Crippen MR) is 108 cm³/mol. The lowest BCUT2D eigenvalue weighted by molar-refractivity contribution is 0.517. The van der Waals surface area contributed by atoms with Gasteiger partial charge in [-0.2, -0.15) is 4.31 Å². The van der Waals surface area contributed by atoms with Crippen molar-refractivity contribution >= 4 is 15.6 Å². The number of nitrogens with zero attached hydrogens (tertiary/aromatic N) is 1. The van der Waals surface area contributed by atoms with Crippen LogP contribution in [-0.4, -0.2) is 24.8 Å². The second-order valence-corrected chi connectivity index (χ2v) is 9.41. The van der Waals surface area contributed by atoms with Gasteiger partial charge < -0.3 is 0 Å². The van der Waals surface area contributed by atoms with Crippen molar-refractivity contribution in [2.75, 3.05) is 0 Å². The summed E-state index contributed by atoms with van der Waals surface area (Å²) < 4.78 is 28.6. The zero-order chi connectivity index (χ0) is 19.2. The molecular formula is C22H27NO2S. The van der Waals surface area contributed by atoms with E-state index >= 15 is 0 Å². The third-order valence-electron chi connectivity index (χ3n) is 5.13. The van der Waals surface area contributed by atoms with Crippen LogP contribution < -0.4 is 0 Å². The summed E-state index contributed by atoms with van der Waals surface area (Å²) in [5, 5.41) is 0. The van der Waals surface area contributed by atoms with E-state index in [4.69, 9.17) is 0 Å². The summed E-state index contributed by atoms with van der Waals surface area (Å²) in [5.74, 6) is 0.223. The largest absolute Gasteiger partial charge is 0.244 e. The maximum Gasteiger partial charge on any atom is 0.244 e. The highest BCUT2D eigenvalue weighted by molar-refractivity contribution is 7.89. The van der Waals surface area contributed by atoms with E-state index in [1.54, 1.807) is 4.31 Å². The molecule has 0 spiro atoms. The zero-order valence-electron chi connectivity index (χ0n) is 16.2. The third-order valence-corrected chi connectivity index (χ3v) is 7.31. The minimum atomic E-state index is -3.57. The van der Waals surface area contributed by atoms with Gasteiger partial charge in [0, 0.05) is 6.04 Å². The first-order chi connectivity index (χ1) is 12.2. The number of hydrogen-bond acceptors (Lipinski definition) is 2. The average molecular weight is 370 g/mol. The van der Waals surface area contributed by atoms with Gasteiger partial charge in [0.05, 0.1) is 10.9 Å². The number of aryl methyl sites for hydroxylation is 3. The summed E-state index contributed by atoms with van der Waals surface area (Å²) in [6.07, 6.45) is 0. The van der Waals surface area contributed by atoms with Gasteiger partial charge in [0.1, 0.15) is 0 Å². The molecule has 1 aliphatic heterocycles. The molecule has 26 heavy (non-hydrogen) atoms. The SMILES string of the molecule is C=C(c1ccccc1)[C@H]1[C@H](C(C)C)N1S(=O)(=O)c1c(C)cc(C)cc1C. The number of benzene rings is 2. The molecule has 1 saturated heterocycles. The lowest BCUT2D eigenvalue weighted by Crippen LogP contribution is -2.20. The Kier molecular flexibility index (Phi) is 4.84. The fraction of sp³-hybridized carbons (Fsp3) is 0.364. The van der Waals surface area contributed by atoms with E-state index in [0.29, 0.717) is 4.90 Å². The van der Waals surface area contributed by atoms with Crippen LogP contribution in [0.5, 0.6) is 0 Å². The molecule has 0 radical (unpaired) electrons. The minimum Gasteiger partial charge on any atom is -0.207 e. The molecule has 0 saturated carbocycles. The van der Waals surface area contributed by atoms with Crippen LogP contribution >= 0.6 is 0 Å². The van der Waals surface area contributed by atoms with Gasteiger partial charge in [-0.1, -0.05) is 68.5 Å². The maximum absolute atomic E-state index is 13.5. The standard InChI is InChI=1S/C22H27NO2S/c1-14(2)20-21(18(6)19-10-8-7-9-11-19)23(20)26(24,25)22-16(4)12-15(3)13-17(22)5/h7-14,20-21H,6H2,1-5H3/t20-,21-,23?/m0/s1. The Bertz CT molecular complexity index is 922. The number of sulfonamides is 1. The van der Waals surface area contributed by atoms with E-state index in [1.807, 2.05) is 63.2 Å². The zero-order valence-corrected chi connectivity index (χ0v) is 17.0. The summed E-state index contributed by atoms with van der Waals surface area (Å²) in [4.78, 5) is 0.442. The van der Waals surface area contributed by atoms with E-state index in [1.165, 1.54) is 0 Å². The Hall–Kier alpha value is -1.91. The molecule has 138 valence electrons. The molecule has 1 heterocycles. The Morgan fingerprint density at radius 1 is 1.04 bits per heavy atom. The third kappa shape index (κ3) is 3.12. The van der Waals surface area contributed by atoms with Crippen LogP contribution in [0.25, 0.3) is 5.57 Å². The Morgan fingerprint density at radius 3 is 2.08 bits per heavy atom. The summed E-state index contributed by atoms with van der Waals surface area (Å²) in [5.41, 5.74) is 4.56. The van der Waals surface area contributed by atoms with Gasteiger partial charge in [-0.3, -0.25) is 0 Å². The maximum atomic E-state index is 13.5. The van der Waals surface area contributed by atoms with Gasteiger partial charge in [-0.15, -0.1) is 0 Å². The van der Waals surface area contributed by atoms with Crippen molar-refractivity contribution < 1.29 is 8.42 Å². The monoisotopic (exact) mass is 369 g/mol. The van der Waals surface area contributed by atoms with Gasteiger partial charge in [0.15, 0.2) is 0 Å². The molecule has 2 aromatic rings. The molecule has 3 atom stereocenters. The van der Waals surface area contributed by atoms with E-state index in [2.05, 4.69) is 20.4 Å². The normalized spacial score (nSPS) is 22.5. The Labute approximate surface area is 157 Å². The molecule has 3 rings (SSSR count). The van der Waals surface area contributed by atoms with Crippen molar-refractivity contribution in [3.05, 3.63) is 71.3 Å². The molecule has 3 nitrogen and oxygen atoms in total. The first kappa shape index (κ1) is 18.9. The van der Waals surface area contributed by atoms with Crippen LogP contribution in [0.2, 0.25) is 0 Å². The summed E-state index contributed by atoms with van der Waals surface area (Å²) in [7, 11) is -3.57. The molecule has 0 N–H and O–H groups in total. The fourth-order valence-electron chi connectivity index (χ4n) is 4.06. The van der Waals surface area contributed by atoms with Crippen LogP contribution in [0.4, 0.5) is 0 Å².